The summed E-state index contributed by atoms with van der Waals surface area (Å²) < 4.78 is 0. The largest absolute Gasteiger partial charge is 0.478 e. The van der Waals surface area contributed by atoms with Crippen molar-refractivity contribution in [2.75, 3.05) is 47.4 Å². The Kier molecular flexibility index (Phi) is 6.95. The third-order valence-electron chi connectivity index (χ3n) is 7.38. The normalized spacial score (nSPS) is 18.1. The number of hydrogen-bond acceptors (Lipinski definition) is 8. The smallest absolute Gasteiger partial charge is 0.337 e. The number of anilines is 3. The van der Waals surface area contributed by atoms with Crippen LogP contribution in [0.5, 0.6) is 0 Å². The van der Waals surface area contributed by atoms with E-state index < -0.39 is 5.97 Å². The fourth-order valence-electron chi connectivity index (χ4n) is 5.18. The van der Waals surface area contributed by atoms with Crippen LogP contribution in [0.3, 0.4) is 0 Å². The van der Waals surface area contributed by atoms with Crippen LogP contribution in [0.2, 0.25) is 0 Å². The van der Waals surface area contributed by atoms with Crippen molar-refractivity contribution in [2.45, 2.75) is 52.5 Å². The number of pyridine rings is 2. The van der Waals surface area contributed by atoms with Gasteiger partial charge in [0.2, 0.25) is 5.95 Å². The molecule has 3 aromatic heterocycles. The second kappa shape index (κ2) is 10.3. The second-order valence-corrected chi connectivity index (χ2v) is 10.4. The van der Waals surface area contributed by atoms with Gasteiger partial charge in [-0.25, -0.2) is 14.8 Å². The first-order chi connectivity index (χ1) is 17.8. The van der Waals surface area contributed by atoms with Gasteiger partial charge in [0.15, 0.2) is 0 Å². The number of aromatic nitrogens is 4. The predicted molar refractivity (Wildman–Crippen MR) is 146 cm³/mol. The van der Waals surface area contributed by atoms with Crippen LogP contribution in [0.4, 0.5) is 17.6 Å². The molecule has 1 N–H and O–H groups in total. The van der Waals surface area contributed by atoms with Gasteiger partial charge in [0.05, 0.1) is 11.3 Å². The second-order valence-electron chi connectivity index (χ2n) is 10.4. The molecule has 5 heterocycles. The standard InChI is InChI=1S/C28H35N7O2/c1-18(2)23-15-21(7-8-29-23)24-16-25(32-28(31-24)35-9-5-6-20(35)4)33-10-12-34(13-11-33)26-19(3)14-22(17-30-26)27(36)37/h7-8,14-18,20H,5-6,9-13H2,1-4H3,(H,36,37). The van der Waals surface area contributed by atoms with E-state index in [4.69, 9.17) is 9.97 Å². The number of carboxylic acid groups (broad SMARTS) is 1. The molecule has 9 heteroatoms. The number of aromatic carboxylic acids is 1. The molecule has 0 radical (unpaired) electrons. The van der Waals surface area contributed by atoms with E-state index >= 15 is 0 Å². The van der Waals surface area contributed by atoms with E-state index in [9.17, 15) is 9.90 Å². The van der Waals surface area contributed by atoms with E-state index in [0.717, 1.165) is 85.7 Å². The zero-order valence-corrected chi connectivity index (χ0v) is 22.1. The molecule has 0 amide bonds. The van der Waals surface area contributed by atoms with Crippen LogP contribution >= 0.6 is 0 Å². The van der Waals surface area contributed by atoms with E-state index in [2.05, 4.69) is 57.6 Å². The SMILES string of the molecule is Cc1cc(C(=O)O)cnc1N1CCN(c2cc(-c3ccnc(C(C)C)c3)nc(N3CCCC3C)n2)CC1. The summed E-state index contributed by atoms with van der Waals surface area (Å²) in [5, 5.41) is 9.26. The summed E-state index contributed by atoms with van der Waals surface area (Å²) >= 11 is 0. The fraction of sp³-hybridized carbons (Fsp3) is 0.464. The quantitative estimate of drug-likeness (QED) is 0.527. The molecule has 1 atom stereocenters. The maximum absolute atomic E-state index is 11.3. The molecule has 0 aliphatic carbocycles. The minimum absolute atomic E-state index is 0.216. The molecular weight excluding hydrogens is 466 g/mol. The Morgan fingerprint density at radius 2 is 1.78 bits per heavy atom. The number of carbonyl (C=O) groups is 1. The molecule has 2 saturated heterocycles. The lowest BCUT2D eigenvalue weighted by atomic mass is 10.1. The zero-order valence-electron chi connectivity index (χ0n) is 22.1. The van der Waals surface area contributed by atoms with Gasteiger partial charge in [-0.05, 0) is 56.4 Å². The minimum atomic E-state index is -0.954. The van der Waals surface area contributed by atoms with Crippen molar-refractivity contribution in [3.63, 3.8) is 0 Å². The van der Waals surface area contributed by atoms with E-state index in [1.807, 2.05) is 19.2 Å². The first-order valence-electron chi connectivity index (χ1n) is 13.1. The van der Waals surface area contributed by atoms with Crippen molar-refractivity contribution in [2.24, 2.45) is 0 Å². The fourth-order valence-corrected chi connectivity index (χ4v) is 5.18. The molecule has 1 unspecified atom stereocenters. The third kappa shape index (κ3) is 5.21. The number of rotatable bonds is 6. The Bertz CT molecular complexity index is 1290. The molecule has 2 aliphatic rings. The number of aryl methyl sites for hydroxylation is 1. The Balaban J connectivity index is 1.42. The monoisotopic (exact) mass is 501 g/mol. The van der Waals surface area contributed by atoms with Gasteiger partial charge in [-0.3, -0.25) is 4.98 Å². The van der Waals surface area contributed by atoms with Crippen molar-refractivity contribution < 1.29 is 9.90 Å². The highest BCUT2D eigenvalue weighted by Crippen LogP contribution is 2.30. The Morgan fingerprint density at radius 1 is 1.03 bits per heavy atom. The molecule has 37 heavy (non-hydrogen) atoms. The molecule has 9 nitrogen and oxygen atoms in total. The lowest BCUT2D eigenvalue weighted by Crippen LogP contribution is -2.47. The van der Waals surface area contributed by atoms with E-state index in [-0.39, 0.29) is 5.56 Å². The number of hydrogen-bond donors (Lipinski definition) is 1. The maximum Gasteiger partial charge on any atom is 0.337 e. The van der Waals surface area contributed by atoms with Gasteiger partial charge in [-0.15, -0.1) is 0 Å². The number of piperazine rings is 1. The summed E-state index contributed by atoms with van der Waals surface area (Å²) in [5.41, 5.74) is 4.13. The number of carboxylic acids is 1. The molecule has 0 spiro atoms. The average molecular weight is 502 g/mol. The van der Waals surface area contributed by atoms with Crippen molar-refractivity contribution in [3.8, 4) is 11.3 Å². The Morgan fingerprint density at radius 3 is 2.43 bits per heavy atom. The van der Waals surface area contributed by atoms with Gasteiger partial charge < -0.3 is 19.8 Å². The van der Waals surface area contributed by atoms with Crippen LogP contribution in [0.25, 0.3) is 11.3 Å². The lowest BCUT2D eigenvalue weighted by molar-refractivity contribution is 0.0696. The Hall–Kier alpha value is -3.75. The maximum atomic E-state index is 11.3. The van der Waals surface area contributed by atoms with Gasteiger partial charge >= 0.3 is 5.97 Å². The summed E-state index contributed by atoms with van der Waals surface area (Å²) in [7, 11) is 0. The lowest BCUT2D eigenvalue weighted by Gasteiger charge is -2.37. The molecule has 3 aromatic rings. The molecule has 5 rings (SSSR count). The van der Waals surface area contributed by atoms with Gasteiger partial charge in [0.1, 0.15) is 11.6 Å². The first-order valence-corrected chi connectivity index (χ1v) is 13.1. The summed E-state index contributed by atoms with van der Waals surface area (Å²) in [5.74, 6) is 1.97. The highest BCUT2D eigenvalue weighted by molar-refractivity contribution is 5.87. The van der Waals surface area contributed by atoms with E-state index in [0.29, 0.717) is 12.0 Å². The molecule has 0 aromatic carbocycles. The van der Waals surface area contributed by atoms with Gasteiger partial charge in [-0.1, -0.05) is 13.8 Å². The molecule has 2 fully saturated rings. The molecular formula is C28H35N7O2. The van der Waals surface area contributed by atoms with Crippen molar-refractivity contribution in [3.05, 3.63) is 53.5 Å². The van der Waals surface area contributed by atoms with Gasteiger partial charge in [0.25, 0.3) is 0 Å². The topological polar surface area (TPSA) is 98.6 Å². The van der Waals surface area contributed by atoms with E-state index in [1.54, 1.807) is 6.07 Å². The number of nitrogens with zero attached hydrogens (tertiary/aromatic N) is 7. The van der Waals surface area contributed by atoms with Gasteiger partial charge in [0, 0.05) is 68.5 Å². The minimum Gasteiger partial charge on any atom is -0.478 e. The summed E-state index contributed by atoms with van der Waals surface area (Å²) in [4.78, 5) is 37.2. The first kappa shape index (κ1) is 24.9. The van der Waals surface area contributed by atoms with Crippen LogP contribution in [0.1, 0.15) is 61.1 Å². The third-order valence-corrected chi connectivity index (χ3v) is 7.38. The van der Waals surface area contributed by atoms with Crippen LogP contribution < -0.4 is 14.7 Å². The molecule has 0 saturated carbocycles. The average Bonchev–Trinajstić information content (AvgIpc) is 3.34. The summed E-state index contributed by atoms with van der Waals surface area (Å²) in [6.45, 7) is 12.6. The summed E-state index contributed by atoms with van der Waals surface area (Å²) in [6.07, 6.45) is 5.62. The summed E-state index contributed by atoms with van der Waals surface area (Å²) in [6, 6.07) is 8.39. The van der Waals surface area contributed by atoms with Gasteiger partial charge in [-0.2, -0.15) is 4.98 Å². The van der Waals surface area contributed by atoms with Crippen molar-refractivity contribution in [1.82, 2.24) is 19.9 Å². The van der Waals surface area contributed by atoms with E-state index in [1.165, 1.54) is 6.20 Å². The molecule has 2 aliphatic heterocycles. The Labute approximate surface area is 218 Å². The highest BCUT2D eigenvalue weighted by Gasteiger charge is 2.26. The zero-order chi connectivity index (χ0) is 26.1. The highest BCUT2D eigenvalue weighted by atomic mass is 16.4. The van der Waals surface area contributed by atoms with Crippen molar-refractivity contribution >= 4 is 23.6 Å². The van der Waals surface area contributed by atoms with Crippen LogP contribution in [-0.2, 0) is 0 Å². The van der Waals surface area contributed by atoms with Crippen LogP contribution in [0.15, 0.2) is 36.7 Å². The molecule has 0 bridgehead atoms. The predicted octanol–water partition coefficient (Wildman–Crippen LogP) is 4.38. The molecule has 194 valence electrons. The van der Waals surface area contributed by atoms with Crippen LogP contribution in [0, 0.1) is 6.92 Å². The van der Waals surface area contributed by atoms with Crippen LogP contribution in [-0.4, -0.2) is 69.8 Å². The van der Waals surface area contributed by atoms with Crippen molar-refractivity contribution in [1.29, 1.82) is 0 Å².